The van der Waals surface area contributed by atoms with Gasteiger partial charge in [0.05, 0.1) is 32.3 Å². The minimum absolute atomic E-state index is 0.206. The fourth-order valence-corrected chi connectivity index (χ4v) is 1.46. The maximum absolute atomic E-state index is 11.3. The Balaban J connectivity index is 0.000000515. The molecule has 0 heterocycles. The smallest absolute Gasteiger partial charge is 0.343 e. The second-order valence-electron chi connectivity index (χ2n) is 4.05. The zero-order valence-corrected chi connectivity index (χ0v) is 13.7. The van der Waals surface area contributed by atoms with Gasteiger partial charge in [0.25, 0.3) is 0 Å². The van der Waals surface area contributed by atoms with Gasteiger partial charge in [-0.15, -0.1) is 0 Å². The molecule has 0 unspecified atom stereocenters. The SMILES string of the molecule is C=COC(=O)CCC.C=COC(=O)c1ccc(OC)c(OC)c1. The van der Waals surface area contributed by atoms with E-state index in [1.54, 1.807) is 18.2 Å². The molecule has 1 rings (SSSR count). The quantitative estimate of drug-likeness (QED) is 0.565. The average molecular weight is 322 g/mol. The Morgan fingerprint density at radius 1 is 1.04 bits per heavy atom. The summed E-state index contributed by atoms with van der Waals surface area (Å²) in [5.74, 6) is 0.358. The molecule has 6 nitrogen and oxygen atoms in total. The third-order valence-corrected chi connectivity index (χ3v) is 2.48. The standard InChI is InChI=1S/C11H12O4.C6H10O2/c1-4-15-11(12)8-5-6-9(13-2)10(7-8)14-3;1-3-5-6(7)8-4-2/h4-7H,1H2,2-3H3;4H,2-3,5H2,1H3. The van der Waals surface area contributed by atoms with Gasteiger partial charge in [-0.2, -0.15) is 0 Å². The van der Waals surface area contributed by atoms with Crippen molar-refractivity contribution in [2.45, 2.75) is 19.8 Å². The summed E-state index contributed by atoms with van der Waals surface area (Å²) >= 11 is 0. The normalized spacial score (nSPS) is 8.83. The summed E-state index contributed by atoms with van der Waals surface area (Å²) in [6.07, 6.45) is 3.54. The molecule has 0 aliphatic rings. The van der Waals surface area contributed by atoms with Crippen molar-refractivity contribution in [2.24, 2.45) is 0 Å². The molecule has 0 amide bonds. The molecule has 0 aromatic heterocycles. The van der Waals surface area contributed by atoms with Crippen LogP contribution in [0.1, 0.15) is 30.1 Å². The van der Waals surface area contributed by atoms with Gasteiger partial charge in [-0.1, -0.05) is 20.1 Å². The molecule has 0 spiro atoms. The predicted octanol–water partition coefficient (Wildman–Crippen LogP) is 3.48. The fourth-order valence-electron chi connectivity index (χ4n) is 1.46. The highest BCUT2D eigenvalue weighted by molar-refractivity contribution is 5.90. The molecular weight excluding hydrogens is 300 g/mol. The van der Waals surface area contributed by atoms with Crippen molar-refractivity contribution in [1.29, 1.82) is 0 Å². The van der Waals surface area contributed by atoms with Crippen molar-refractivity contribution in [3.8, 4) is 11.5 Å². The van der Waals surface area contributed by atoms with E-state index in [2.05, 4.69) is 22.6 Å². The van der Waals surface area contributed by atoms with Crippen LogP contribution in [0, 0.1) is 0 Å². The summed E-state index contributed by atoms with van der Waals surface area (Å²) in [5, 5.41) is 0. The number of hydrogen-bond acceptors (Lipinski definition) is 6. The Hall–Kier alpha value is -2.76. The second-order valence-corrected chi connectivity index (χ2v) is 4.05. The van der Waals surface area contributed by atoms with Gasteiger partial charge in [0.15, 0.2) is 11.5 Å². The van der Waals surface area contributed by atoms with E-state index < -0.39 is 5.97 Å². The number of carbonyl (C=O) groups excluding carboxylic acids is 2. The molecule has 0 radical (unpaired) electrons. The summed E-state index contributed by atoms with van der Waals surface area (Å²) in [6.45, 7) is 8.46. The molecule has 126 valence electrons. The lowest BCUT2D eigenvalue weighted by molar-refractivity contribution is -0.137. The third kappa shape index (κ3) is 7.71. The van der Waals surface area contributed by atoms with Gasteiger partial charge >= 0.3 is 11.9 Å². The molecular formula is C17H22O6. The predicted molar refractivity (Wildman–Crippen MR) is 86.4 cm³/mol. The minimum Gasteiger partial charge on any atom is -0.493 e. The molecule has 0 aliphatic heterocycles. The van der Waals surface area contributed by atoms with E-state index in [-0.39, 0.29) is 5.97 Å². The first-order chi connectivity index (χ1) is 11.0. The van der Waals surface area contributed by atoms with Crippen molar-refractivity contribution >= 4 is 11.9 Å². The maximum atomic E-state index is 11.3. The van der Waals surface area contributed by atoms with E-state index in [0.717, 1.165) is 18.9 Å². The second kappa shape index (κ2) is 11.9. The number of esters is 2. The van der Waals surface area contributed by atoms with Crippen LogP contribution in [-0.2, 0) is 14.3 Å². The molecule has 0 saturated carbocycles. The van der Waals surface area contributed by atoms with E-state index >= 15 is 0 Å². The number of benzene rings is 1. The topological polar surface area (TPSA) is 71.1 Å². The van der Waals surface area contributed by atoms with Gasteiger partial charge in [-0.05, 0) is 24.6 Å². The molecule has 0 N–H and O–H groups in total. The van der Waals surface area contributed by atoms with E-state index in [1.165, 1.54) is 14.2 Å². The van der Waals surface area contributed by atoms with Crippen LogP contribution in [0.5, 0.6) is 11.5 Å². The van der Waals surface area contributed by atoms with E-state index in [1.807, 2.05) is 6.92 Å². The Morgan fingerprint density at radius 3 is 2.13 bits per heavy atom. The lowest BCUT2D eigenvalue weighted by atomic mass is 10.2. The van der Waals surface area contributed by atoms with Crippen molar-refractivity contribution in [2.75, 3.05) is 14.2 Å². The molecule has 0 atom stereocenters. The zero-order valence-electron chi connectivity index (χ0n) is 13.7. The van der Waals surface area contributed by atoms with Crippen LogP contribution in [0.2, 0.25) is 0 Å². The van der Waals surface area contributed by atoms with Crippen LogP contribution >= 0.6 is 0 Å². The van der Waals surface area contributed by atoms with Gasteiger partial charge in [0.2, 0.25) is 0 Å². The molecule has 0 fully saturated rings. The Morgan fingerprint density at radius 2 is 1.65 bits per heavy atom. The summed E-state index contributed by atoms with van der Waals surface area (Å²) in [6, 6.07) is 4.77. The molecule has 0 bridgehead atoms. The monoisotopic (exact) mass is 322 g/mol. The highest BCUT2D eigenvalue weighted by Crippen LogP contribution is 2.27. The first-order valence-corrected chi connectivity index (χ1v) is 6.88. The summed E-state index contributed by atoms with van der Waals surface area (Å²) in [7, 11) is 3.03. The number of carbonyl (C=O) groups is 2. The van der Waals surface area contributed by atoms with Crippen LogP contribution in [-0.4, -0.2) is 26.2 Å². The van der Waals surface area contributed by atoms with Gasteiger partial charge in [0.1, 0.15) is 0 Å². The number of rotatable bonds is 7. The molecule has 1 aromatic carbocycles. The van der Waals surface area contributed by atoms with E-state index in [9.17, 15) is 9.59 Å². The van der Waals surface area contributed by atoms with Crippen molar-refractivity contribution in [1.82, 2.24) is 0 Å². The number of hydrogen-bond donors (Lipinski definition) is 0. The van der Waals surface area contributed by atoms with Crippen LogP contribution in [0.4, 0.5) is 0 Å². The molecule has 6 heteroatoms. The Labute approximate surface area is 136 Å². The summed E-state index contributed by atoms with van der Waals surface area (Å²) < 4.78 is 19.1. The van der Waals surface area contributed by atoms with E-state index in [4.69, 9.17) is 9.47 Å². The van der Waals surface area contributed by atoms with Crippen LogP contribution in [0.3, 0.4) is 0 Å². The number of ether oxygens (including phenoxy) is 4. The van der Waals surface area contributed by atoms with Crippen LogP contribution in [0.25, 0.3) is 0 Å². The van der Waals surface area contributed by atoms with Crippen molar-refractivity contribution in [3.05, 3.63) is 49.4 Å². The lowest BCUT2D eigenvalue weighted by Gasteiger charge is -2.08. The third-order valence-electron chi connectivity index (χ3n) is 2.48. The average Bonchev–Trinajstić information content (AvgIpc) is 2.55. The lowest BCUT2D eigenvalue weighted by Crippen LogP contribution is -2.01. The molecule has 0 aliphatic carbocycles. The van der Waals surface area contributed by atoms with Crippen molar-refractivity contribution in [3.63, 3.8) is 0 Å². The van der Waals surface area contributed by atoms with Gasteiger partial charge in [-0.25, -0.2) is 4.79 Å². The van der Waals surface area contributed by atoms with Crippen LogP contribution < -0.4 is 9.47 Å². The van der Waals surface area contributed by atoms with E-state index in [0.29, 0.717) is 23.5 Å². The summed E-state index contributed by atoms with van der Waals surface area (Å²) in [5.41, 5.74) is 0.382. The molecule has 23 heavy (non-hydrogen) atoms. The highest BCUT2D eigenvalue weighted by Gasteiger charge is 2.10. The fraction of sp³-hybridized carbons (Fsp3) is 0.294. The molecule has 0 saturated heterocycles. The Bertz CT molecular complexity index is 536. The zero-order chi connectivity index (χ0) is 17.7. The largest absolute Gasteiger partial charge is 0.493 e. The number of methoxy groups -OCH3 is 2. The highest BCUT2D eigenvalue weighted by atomic mass is 16.5. The van der Waals surface area contributed by atoms with Crippen molar-refractivity contribution < 1.29 is 28.5 Å². The first-order valence-electron chi connectivity index (χ1n) is 6.88. The maximum Gasteiger partial charge on any atom is 0.343 e. The Kier molecular flexibility index (Phi) is 10.4. The minimum atomic E-state index is -0.481. The first kappa shape index (κ1) is 20.2. The summed E-state index contributed by atoms with van der Waals surface area (Å²) in [4.78, 5) is 21.7. The van der Waals surface area contributed by atoms with Gasteiger partial charge in [-0.3, -0.25) is 4.79 Å². The van der Waals surface area contributed by atoms with Crippen LogP contribution in [0.15, 0.2) is 43.9 Å². The molecule has 1 aromatic rings. The van der Waals surface area contributed by atoms with Gasteiger partial charge in [0, 0.05) is 6.42 Å². The van der Waals surface area contributed by atoms with Gasteiger partial charge < -0.3 is 18.9 Å².